The quantitative estimate of drug-likeness (QED) is 0.741. The van der Waals surface area contributed by atoms with Gasteiger partial charge in [-0.15, -0.1) is 0 Å². The Labute approximate surface area is 90.1 Å². The molecule has 1 aromatic rings. The lowest BCUT2D eigenvalue weighted by molar-refractivity contribution is 0.507. The molecule has 1 nitrogen and oxygen atoms in total. The van der Waals surface area contributed by atoms with Crippen molar-refractivity contribution in [1.82, 2.24) is 0 Å². The maximum absolute atomic E-state index is 10.8. The van der Waals surface area contributed by atoms with Crippen LogP contribution in [0.5, 0.6) is 0 Å². The molecule has 0 saturated heterocycles. The number of carbonyl (C=O) groups excluding carboxylic acids is 1. The van der Waals surface area contributed by atoms with Gasteiger partial charge in [0, 0.05) is 5.02 Å². The van der Waals surface area contributed by atoms with Crippen LogP contribution in [-0.4, -0.2) is 6.29 Å². The summed E-state index contributed by atoms with van der Waals surface area (Å²) in [5, 5.41) is 0.697. The van der Waals surface area contributed by atoms with Crippen molar-refractivity contribution in [2.45, 2.75) is 26.2 Å². The fourth-order valence-corrected chi connectivity index (χ4v) is 1.54. The smallest absolute Gasteiger partial charge is 0.206 e. The van der Waals surface area contributed by atoms with Gasteiger partial charge in [-0.3, -0.25) is 4.79 Å². The number of benzene rings is 1. The van der Waals surface area contributed by atoms with Crippen LogP contribution in [0.25, 0.3) is 0 Å². The molecule has 1 rings (SSSR count). The van der Waals surface area contributed by atoms with E-state index in [1.165, 1.54) is 0 Å². The SMILES string of the molecule is CC(C)CC([C]=O)c1ccc(Cl)cc1. The molecule has 0 amide bonds. The molecule has 0 spiro atoms. The Balaban J connectivity index is 2.78. The van der Waals surface area contributed by atoms with E-state index in [-0.39, 0.29) is 5.92 Å². The number of hydrogen-bond acceptors (Lipinski definition) is 1. The van der Waals surface area contributed by atoms with Crippen LogP contribution in [-0.2, 0) is 4.79 Å². The lowest BCUT2D eigenvalue weighted by Crippen LogP contribution is -2.03. The van der Waals surface area contributed by atoms with Crippen molar-refractivity contribution in [1.29, 1.82) is 0 Å². The fraction of sp³-hybridized carbons (Fsp3) is 0.417. The van der Waals surface area contributed by atoms with E-state index in [4.69, 9.17) is 11.6 Å². The second kappa shape index (κ2) is 5.16. The molecule has 1 atom stereocenters. The zero-order valence-electron chi connectivity index (χ0n) is 8.46. The Morgan fingerprint density at radius 3 is 2.29 bits per heavy atom. The summed E-state index contributed by atoms with van der Waals surface area (Å²) in [6.45, 7) is 4.19. The van der Waals surface area contributed by atoms with Crippen LogP contribution >= 0.6 is 11.6 Å². The summed E-state index contributed by atoms with van der Waals surface area (Å²) in [5.74, 6) is 0.379. The Morgan fingerprint density at radius 2 is 1.86 bits per heavy atom. The molecule has 75 valence electrons. The zero-order valence-corrected chi connectivity index (χ0v) is 9.21. The molecule has 0 fully saturated rings. The van der Waals surface area contributed by atoms with Crippen LogP contribution in [0.1, 0.15) is 31.7 Å². The topological polar surface area (TPSA) is 17.1 Å². The van der Waals surface area contributed by atoms with Gasteiger partial charge in [-0.25, -0.2) is 0 Å². The molecule has 0 aliphatic carbocycles. The molecule has 0 aromatic heterocycles. The van der Waals surface area contributed by atoms with E-state index < -0.39 is 0 Å². The number of rotatable bonds is 4. The summed E-state index contributed by atoms with van der Waals surface area (Å²) in [6.07, 6.45) is 2.91. The summed E-state index contributed by atoms with van der Waals surface area (Å²) >= 11 is 5.77. The van der Waals surface area contributed by atoms with Gasteiger partial charge in [0.2, 0.25) is 6.29 Å². The molecular formula is C12H14ClO. The number of halogens is 1. The van der Waals surface area contributed by atoms with Crippen molar-refractivity contribution in [3.63, 3.8) is 0 Å². The lowest BCUT2D eigenvalue weighted by atomic mass is 9.92. The van der Waals surface area contributed by atoms with Crippen molar-refractivity contribution >= 4 is 17.9 Å². The van der Waals surface area contributed by atoms with Gasteiger partial charge in [-0.05, 0) is 30.0 Å². The van der Waals surface area contributed by atoms with Crippen LogP contribution in [0.4, 0.5) is 0 Å². The van der Waals surface area contributed by atoms with Gasteiger partial charge in [0.15, 0.2) is 0 Å². The van der Waals surface area contributed by atoms with Crippen LogP contribution in [0.15, 0.2) is 24.3 Å². The first kappa shape index (κ1) is 11.3. The van der Waals surface area contributed by atoms with E-state index in [9.17, 15) is 4.79 Å². The van der Waals surface area contributed by atoms with Crippen LogP contribution < -0.4 is 0 Å². The highest BCUT2D eigenvalue weighted by Crippen LogP contribution is 2.23. The third-order valence-electron chi connectivity index (χ3n) is 2.12. The summed E-state index contributed by atoms with van der Waals surface area (Å²) in [7, 11) is 0. The van der Waals surface area contributed by atoms with Gasteiger partial charge in [0.25, 0.3) is 0 Å². The highest BCUT2D eigenvalue weighted by molar-refractivity contribution is 6.30. The predicted molar refractivity (Wildman–Crippen MR) is 59.3 cm³/mol. The third-order valence-corrected chi connectivity index (χ3v) is 2.37. The molecule has 0 aliphatic rings. The molecule has 1 unspecified atom stereocenters. The largest absolute Gasteiger partial charge is 0.290 e. The second-order valence-corrected chi connectivity index (χ2v) is 4.29. The molecular weight excluding hydrogens is 196 g/mol. The third kappa shape index (κ3) is 3.15. The van der Waals surface area contributed by atoms with Crippen molar-refractivity contribution in [3.8, 4) is 0 Å². The molecule has 1 aromatic carbocycles. The summed E-state index contributed by atoms with van der Waals surface area (Å²) < 4.78 is 0. The van der Waals surface area contributed by atoms with Gasteiger partial charge in [0.1, 0.15) is 0 Å². The Morgan fingerprint density at radius 1 is 1.29 bits per heavy atom. The lowest BCUT2D eigenvalue weighted by Gasteiger charge is -2.12. The molecule has 14 heavy (non-hydrogen) atoms. The molecule has 0 heterocycles. The predicted octanol–water partition coefficient (Wildman–Crippen LogP) is 3.58. The summed E-state index contributed by atoms with van der Waals surface area (Å²) in [6, 6.07) is 7.39. The molecule has 0 N–H and O–H groups in total. The number of hydrogen-bond donors (Lipinski definition) is 0. The van der Waals surface area contributed by atoms with E-state index in [2.05, 4.69) is 20.1 Å². The van der Waals surface area contributed by atoms with Crippen molar-refractivity contribution < 1.29 is 4.79 Å². The van der Waals surface area contributed by atoms with Crippen molar-refractivity contribution in [2.75, 3.05) is 0 Å². The van der Waals surface area contributed by atoms with E-state index in [1.54, 1.807) is 0 Å². The van der Waals surface area contributed by atoms with Gasteiger partial charge < -0.3 is 0 Å². The maximum Gasteiger partial charge on any atom is 0.206 e. The first-order valence-corrected chi connectivity index (χ1v) is 5.14. The second-order valence-electron chi connectivity index (χ2n) is 3.85. The van der Waals surface area contributed by atoms with E-state index >= 15 is 0 Å². The van der Waals surface area contributed by atoms with E-state index in [0.29, 0.717) is 10.9 Å². The first-order chi connectivity index (χ1) is 6.63. The fourth-order valence-electron chi connectivity index (χ4n) is 1.42. The molecule has 0 aliphatic heterocycles. The maximum atomic E-state index is 10.8. The van der Waals surface area contributed by atoms with Crippen LogP contribution in [0.3, 0.4) is 0 Å². The summed E-state index contributed by atoms with van der Waals surface area (Å²) in [5.41, 5.74) is 0.998. The van der Waals surface area contributed by atoms with Crippen LogP contribution in [0, 0.1) is 5.92 Å². The first-order valence-electron chi connectivity index (χ1n) is 4.76. The summed E-state index contributed by atoms with van der Waals surface area (Å²) in [4.78, 5) is 10.8. The average Bonchev–Trinajstić information content (AvgIpc) is 2.15. The van der Waals surface area contributed by atoms with Crippen molar-refractivity contribution in [3.05, 3.63) is 34.9 Å². The standard InChI is InChI=1S/C12H14ClO/c1-9(2)7-11(8-14)10-3-5-12(13)6-4-10/h3-6,9,11H,7H2,1-2H3. The van der Waals surface area contributed by atoms with Gasteiger partial charge >= 0.3 is 0 Å². The van der Waals surface area contributed by atoms with Crippen LogP contribution in [0.2, 0.25) is 5.02 Å². The average molecular weight is 210 g/mol. The Bertz CT molecular complexity index is 290. The molecule has 2 heteroatoms. The monoisotopic (exact) mass is 209 g/mol. The highest BCUT2D eigenvalue weighted by Gasteiger charge is 2.12. The van der Waals surface area contributed by atoms with Gasteiger partial charge in [-0.2, -0.15) is 0 Å². The zero-order chi connectivity index (χ0) is 10.6. The molecule has 1 radical (unpaired) electrons. The van der Waals surface area contributed by atoms with Gasteiger partial charge in [-0.1, -0.05) is 37.6 Å². The minimum Gasteiger partial charge on any atom is -0.290 e. The Kier molecular flexibility index (Phi) is 4.15. The van der Waals surface area contributed by atoms with E-state index in [1.807, 2.05) is 24.3 Å². The Hall–Kier alpha value is -0.820. The molecule has 0 bridgehead atoms. The van der Waals surface area contributed by atoms with Gasteiger partial charge in [0.05, 0.1) is 5.92 Å². The van der Waals surface area contributed by atoms with E-state index in [0.717, 1.165) is 12.0 Å². The van der Waals surface area contributed by atoms with Crippen molar-refractivity contribution in [2.24, 2.45) is 5.92 Å². The molecule has 0 saturated carbocycles. The minimum atomic E-state index is -0.118. The minimum absolute atomic E-state index is 0.118. The highest BCUT2D eigenvalue weighted by atomic mass is 35.5. The normalized spacial score (nSPS) is 12.9.